The molecule has 1 aliphatic rings. The van der Waals surface area contributed by atoms with E-state index in [1.807, 2.05) is 6.92 Å². The summed E-state index contributed by atoms with van der Waals surface area (Å²) in [7, 11) is 0. The lowest BCUT2D eigenvalue weighted by Crippen LogP contribution is -2.11. The predicted molar refractivity (Wildman–Crippen MR) is 52.1 cm³/mol. The highest BCUT2D eigenvalue weighted by Crippen LogP contribution is 2.23. The van der Waals surface area contributed by atoms with Crippen LogP contribution in [0.1, 0.15) is 21.5 Å². The van der Waals surface area contributed by atoms with E-state index in [-0.39, 0.29) is 5.91 Å². The lowest BCUT2D eigenvalue weighted by atomic mass is 9.96. The van der Waals surface area contributed by atoms with E-state index in [1.165, 1.54) is 0 Å². The van der Waals surface area contributed by atoms with Crippen molar-refractivity contribution in [2.75, 3.05) is 5.73 Å². The summed E-state index contributed by atoms with van der Waals surface area (Å²) in [5.74, 6) is -0.163. The number of fused-ring (bicyclic) bond motifs is 1. The smallest absolute Gasteiger partial charge is 0.276 e. The third-order valence-electron chi connectivity index (χ3n) is 2.37. The standard InChI is InChI=1S/C10H10N2O/c1-6-7-4-5-12-10(13)8(7)2-3-9(6)11/h2-3,5H,4,11H2,1H3. The molecule has 3 nitrogen and oxygen atoms in total. The van der Waals surface area contributed by atoms with Gasteiger partial charge in [0.15, 0.2) is 0 Å². The molecule has 13 heavy (non-hydrogen) atoms. The normalized spacial score (nSPS) is 14.4. The summed E-state index contributed by atoms with van der Waals surface area (Å²) < 4.78 is 0. The maximum Gasteiger partial charge on any atom is 0.276 e. The number of aliphatic imine (C=N–C) groups is 1. The molecule has 0 radical (unpaired) electrons. The van der Waals surface area contributed by atoms with E-state index in [0.29, 0.717) is 12.0 Å². The van der Waals surface area contributed by atoms with Crippen LogP contribution in [-0.4, -0.2) is 12.1 Å². The summed E-state index contributed by atoms with van der Waals surface area (Å²) in [5.41, 5.74) is 9.17. The number of hydrogen-bond acceptors (Lipinski definition) is 2. The van der Waals surface area contributed by atoms with Gasteiger partial charge in [-0.25, -0.2) is 4.99 Å². The molecule has 1 aromatic rings. The molecule has 0 atom stereocenters. The van der Waals surface area contributed by atoms with E-state index in [9.17, 15) is 4.79 Å². The van der Waals surface area contributed by atoms with Crippen molar-refractivity contribution in [3.8, 4) is 0 Å². The van der Waals surface area contributed by atoms with Crippen molar-refractivity contribution in [1.29, 1.82) is 0 Å². The fraction of sp³-hybridized carbons (Fsp3) is 0.200. The molecular weight excluding hydrogens is 164 g/mol. The quantitative estimate of drug-likeness (QED) is 0.603. The van der Waals surface area contributed by atoms with Gasteiger partial charge in [-0.2, -0.15) is 0 Å². The van der Waals surface area contributed by atoms with Crippen molar-refractivity contribution < 1.29 is 4.79 Å². The Bertz CT molecular complexity index is 408. The number of carbonyl (C=O) groups excluding carboxylic acids is 1. The Morgan fingerprint density at radius 2 is 2.23 bits per heavy atom. The van der Waals surface area contributed by atoms with Crippen molar-refractivity contribution in [3.05, 3.63) is 28.8 Å². The monoisotopic (exact) mass is 174 g/mol. The molecule has 0 aliphatic carbocycles. The van der Waals surface area contributed by atoms with Crippen LogP contribution < -0.4 is 5.73 Å². The molecule has 0 bridgehead atoms. The molecular formula is C10H10N2O. The summed E-state index contributed by atoms with van der Waals surface area (Å²) in [6.07, 6.45) is 2.34. The van der Waals surface area contributed by atoms with Gasteiger partial charge in [-0.3, -0.25) is 4.79 Å². The number of hydrogen-bond donors (Lipinski definition) is 1. The molecule has 0 aromatic heterocycles. The van der Waals surface area contributed by atoms with Gasteiger partial charge in [0.1, 0.15) is 0 Å². The van der Waals surface area contributed by atoms with Crippen molar-refractivity contribution in [2.24, 2.45) is 4.99 Å². The fourth-order valence-electron chi connectivity index (χ4n) is 1.53. The zero-order chi connectivity index (χ0) is 9.42. The van der Waals surface area contributed by atoms with E-state index >= 15 is 0 Å². The number of nitrogens with two attached hydrogens (primary N) is 1. The zero-order valence-electron chi connectivity index (χ0n) is 7.37. The van der Waals surface area contributed by atoms with Gasteiger partial charge in [-0.1, -0.05) is 0 Å². The number of anilines is 1. The van der Waals surface area contributed by atoms with Crippen LogP contribution in [0.4, 0.5) is 5.69 Å². The Labute approximate surface area is 76.3 Å². The van der Waals surface area contributed by atoms with Crippen LogP contribution in [0.15, 0.2) is 17.1 Å². The van der Waals surface area contributed by atoms with E-state index in [1.54, 1.807) is 18.3 Å². The molecule has 0 fully saturated rings. The molecule has 2 rings (SSSR count). The van der Waals surface area contributed by atoms with Gasteiger partial charge in [0, 0.05) is 23.9 Å². The molecule has 0 spiro atoms. The second-order valence-electron chi connectivity index (χ2n) is 3.13. The average molecular weight is 174 g/mol. The average Bonchev–Trinajstić information content (AvgIpc) is 2.12. The number of benzene rings is 1. The number of rotatable bonds is 0. The largest absolute Gasteiger partial charge is 0.399 e. The second kappa shape index (κ2) is 2.69. The Balaban J connectivity index is 2.67. The third-order valence-corrected chi connectivity index (χ3v) is 2.37. The van der Waals surface area contributed by atoms with Gasteiger partial charge in [0.05, 0.1) is 0 Å². The summed E-state index contributed by atoms with van der Waals surface area (Å²) >= 11 is 0. The fourth-order valence-corrected chi connectivity index (χ4v) is 1.53. The number of amides is 1. The summed E-state index contributed by atoms with van der Waals surface area (Å²) in [5, 5.41) is 0. The predicted octanol–water partition coefficient (Wildman–Crippen LogP) is 1.34. The highest BCUT2D eigenvalue weighted by Gasteiger charge is 2.16. The number of nitrogens with zero attached hydrogens (tertiary/aromatic N) is 1. The number of carbonyl (C=O) groups is 1. The molecule has 0 saturated carbocycles. The van der Waals surface area contributed by atoms with Crippen LogP contribution in [-0.2, 0) is 6.42 Å². The summed E-state index contributed by atoms with van der Waals surface area (Å²) in [4.78, 5) is 15.0. The molecule has 1 aromatic carbocycles. The van der Waals surface area contributed by atoms with Crippen LogP contribution in [0.3, 0.4) is 0 Å². The Morgan fingerprint density at radius 3 is 3.00 bits per heavy atom. The van der Waals surface area contributed by atoms with Gasteiger partial charge in [0.2, 0.25) is 0 Å². The summed E-state index contributed by atoms with van der Waals surface area (Å²) in [6.45, 7) is 1.93. The van der Waals surface area contributed by atoms with Crippen LogP contribution in [0.5, 0.6) is 0 Å². The molecule has 1 aliphatic heterocycles. The van der Waals surface area contributed by atoms with Gasteiger partial charge in [0.25, 0.3) is 5.91 Å². The van der Waals surface area contributed by atoms with Crippen molar-refractivity contribution in [2.45, 2.75) is 13.3 Å². The topological polar surface area (TPSA) is 55.4 Å². The van der Waals surface area contributed by atoms with E-state index in [4.69, 9.17) is 5.73 Å². The van der Waals surface area contributed by atoms with E-state index < -0.39 is 0 Å². The zero-order valence-corrected chi connectivity index (χ0v) is 7.37. The second-order valence-corrected chi connectivity index (χ2v) is 3.13. The summed E-state index contributed by atoms with van der Waals surface area (Å²) in [6, 6.07) is 3.50. The lowest BCUT2D eigenvalue weighted by Gasteiger charge is -2.13. The first-order chi connectivity index (χ1) is 6.20. The molecule has 0 saturated heterocycles. The van der Waals surface area contributed by atoms with Crippen LogP contribution in [0.25, 0.3) is 0 Å². The van der Waals surface area contributed by atoms with Gasteiger partial charge in [-0.05, 0) is 30.2 Å². The lowest BCUT2D eigenvalue weighted by molar-refractivity contribution is 0.100. The van der Waals surface area contributed by atoms with Crippen LogP contribution >= 0.6 is 0 Å². The van der Waals surface area contributed by atoms with Gasteiger partial charge < -0.3 is 5.73 Å². The van der Waals surface area contributed by atoms with E-state index in [2.05, 4.69) is 4.99 Å². The Hall–Kier alpha value is -1.64. The molecule has 66 valence electrons. The Kier molecular flexibility index (Phi) is 1.65. The number of nitrogen functional groups attached to an aromatic ring is 1. The third kappa shape index (κ3) is 1.13. The highest BCUT2D eigenvalue weighted by atomic mass is 16.1. The van der Waals surface area contributed by atoms with Crippen molar-refractivity contribution in [1.82, 2.24) is 0 Å². The minimum absolute atomic E-state index is 0.163. The molecule has 3 heteroatoms. The first-order valence-electron chi connectivity index (χ1n) is 4.15. The Morgan fingerprint density at radius 1 is 1.46 bits per heavy atom. The maximum absolute atomic E-state index is 11.3. The molecule has 2 N–H and O–H groups in total. The SMILES string of the molecule is Cc1c(N)ccc2c1CC=NC2=O. The van der Waals surface area contributed by atoms with Gasteiger partial charge in [-0.15, -0.1) is 0 Å². The first-order valence-corrected chi connectivity index (χ1v) is 4.15. The van der Waals surface area contributed by atoms with Crippen LogP contribution in [0.2, 0.25) is 0 Å². The highest BCUT2D eigenvalue weighted by molar-refractivity contribution is 6.04. The van der Waals surface area contributed by atoms with Crippen molar-refractivity contribution in [3.63, 3.8) is 0 Å². The first kappa shape index (κ1) is 7.98. The molecule has 1 heterocycles. The van der Waals surface area contributed by atoms with Gasteiger partial charge >= 0.3 is 0 Å². The van der Waals surface area contributed by atoms with Crippen LogP contribution in [0, 0.1) is 6.92 Å². The molecule has 1 amide bonds. The minimum atomic E-state index is -0.163. The maximum atomic E-state index is 11.3. The van der Waals surface area contributed by atoms with Crippen molar-refractivity contribution >= 4 is 17.8 Å². The minimum Gasteiger partial charge on any atom is -0.399 e. The van der Waals surface area contributed by atoms with E-state index in [0.717, 1.165) is 16.8 Å². The molecule has 0 unspecified atom stereocenters.